The maximum Gasteiger partial charge on any atom is 0.335 e. The molecule has 2 aromatic carbocycles. The lowest BCUT2D eigenvalue weighted by Gasteiger charge is -2.18. The second-order valence-electron chi connectivity index (χ2n) is 5.90. The van der Waals surface area contributed by atoms with Crippen molar-refractivity contribution in [2.45, 2.75) is 13.3 Å². The zero-order valence-electron chi connectivity index (χ0n) is 15.1. The number of thioether (sulfide) groups is 1. The van der Waals surface area contributed by atoms with Crippen molar-refractivity contribution >= 4 is 34.4 Å². The number of anilines is 1. The molecule has 1 unspecified atom stereocenters. The number of aromatic carboxylic acids is 1. The summed E-state index contributed by atoms with van der Waals surface area (Å²) in [4.78, 5) is 35.4. The number of amides is 1. The second kappa shape index (κ2) is 9.78. The molecule has 0 saturated heterocycles. The number of hydrogen-bond acceptors (Lipinski definition) is 5. The second-order valence-corrected chi connectivity index (χ2v) is 7.10. The number of hydrogen-bond donors (Lipinski definition) is 2. The van der Waals surface area contributed by atoms with Gasteiger partial charge in [0.25, 0.3) is 0 Å². The average molecular weight is 387 g/mol. The number of rotatable bonds is 8. The molecule has 0 radical (unpaired) electrons. The Balaban J connectivity index is 2.22. The first kappa shape index (κ1) is 20.5. The first-order valence-corrected chi connectivity index (χ1v) is 9.28. The maximum atomic E-state index is 12.8. The molecule has 0 aliphatic heterocycles. The van der Waals surface area contributed by atoms with Crippen LogP contribution in [0.25, 0.3) is 0 Å². The van der Waals surface area contributed by atoms with E-state index in [0.717, 1.165) is 17.3 Å². The largest absolute Gasteiger partial charge is 0.495 e. The van der Waals surface area contributed by atoms with E-state index in [1.54, 1.807) is 0 Å². The molecule has 0 aromatic heterocycles. The third kappa shape index (κ3) is 6.14. The maximum absolute atomic E-state index is 12.8. The minimum atomic E-state index is -1.10. The number of carboxylic acids is 1. The Morgan fingerprint density at radius 3 is 2.44 bits per heavy atom. The minimum absolute atomic E-state index is 0.0452. The van der Waals surface area contributed by atoms with E-state index in [2.05, 4.69) is 5.32 Å². The summed E-state index contributed by atoms with van der Waals surface area (Å²) in [7, 11) is 1.44. The van der Waals surface area contributed by atoms with Crippen molar-refractivity contribution in [2.24, 2.45) is 5.92 Å². The van der Waals surface area contributed by atoms with Gasteiger partial charge < -0.3 is 15.2 Å². The number of methoxy groups -OCH3 is 1. The van der Waals surface area contributed by atoms with Gasteiger partial charge in [-0.25, -0.2) is 4.79 Å². The normalized spacial score (nSPS) is 11.5. The number of carbonyl (C=O) groups excluding carboxylic acids is 2. The molecule has 0 bridgehead atoms. The fourth-order valence-corrected chi connectivity index (χ4v) is 3.22. The van der Waals surface area contributed by atoms with Crippen LogP contribution in [0.15, 0.2) is 48.5 Å². The van der Waals surface area contributed by atoms with Gasteiger partial charge in [-0.05, 0) is 30.2 Å². The zero-order chi connectivity index (χ0) is 19.8. The van der Waals surface area contributed by atoms with Gasteiger partial charge in [0.15, 0.2) is 5.12 Å². The minimum Gasteiger partial charge on any atom is -0.495 e. The van der Waals surface area contributed by atoms with Crippen molar-refractivity contribution in [3.63, 3.8) is 0 Å². The van der Waals surface area contributed by atoms with Crippen molar-refractivity contribution in [1.82, 2.24) is 0 Å². The standard InChI is InChI=1S/C20H21NO5S/c1-13(22)27-12-16(10-14-6-4-3-5-7-14)19(23)21-17-11-15(20(24)25)8-9-18(17)26-2/h3-9,11,16H,10,12H2,1-2H3,(H,21,23)(H,24,25). The highest BCUT2D eigenvalue weighted by Gasteiger charge is 2.22. The number of carboxylic acid groups (broad SMARTS) is 1. The van der Waals surface area contributed by atoms with Gasteiger partial charge in [-0.1, -0.05) is 42.1 Å². The summed E-state index contributed by atoms with van der Waals surface area (Å²) in [5.41, 5.74) is 1.31. The van der Waals surface area contributed by atoms with E-state index < -0.39 is 11.9 Å². The van der Waals surface area contributed by atoms with E-state index in [1.165, 1.54) is 32.2 Å². The zero-order valence-corrected chi connectivity index (χ0v) is 15.9. The van der Waals surface area contributed by atoms with E-state index in [4.69, 9.17) is 9.84 Å². The quantitative estimate of drug-likeness (QED) is 0.720. The average Bonchev–Trinajstić information content (AvgIpc) is 2.65. The predicted molar refractivity (Wildman–Crippen MR) is 105 cm³/mol. The van der Waals surface area contributed by atoms with Crippen LogP contribution in [0, 0.1) is 5.92 Å². The summed E-state index contributed by atoms with van der Waals surface area (Å²) >= 11 is 1.09. The molecular weight excluding hydrogens is 366 g/mol. The fraction of sp³-hybridized carbons (Fsp3) is 0.250. The SMILES string of the molecule is COc1ccc(C(=O)O)cc1NC(=O)C(CSC(C)=O)Cc1ccccc1. The summed E-state index contributed by atoms with van der Waals surface area (Å²) in [5.74, 6) is -1.16. The molecule has 142 valence electrons. The monoisotopic (exact) mass is 387 g/mol. The lowest BCUT2D eigenvalue weighted by atomic mass is 10.00. The van der Waals surface area contributed by atoms with Crippen LogP contribution in [-0.4, -0.2) is 35.0 Å². The van der Waals surface area contributed by atoms with Crippen LogP contribution in [-0.2, 0) is 16.0 Å². The van der Waals surface area contributed by atoms with E-state index >= 15 is 0 Å². The fourth-order valence-electron chi connectivity index (χ4n) is 2.52. The van der Waals surface area contributed by atoms with Crippen LogP contribution in [0.3, 0.4) is 0 Å². The van der Waals surface area contributed by atoms with Gasteiger partial charge in [0.05, 0.1) is 24.3 Å². The van der Waals surface area contributed by atoms with E-state index in [1.807, 2.05) is 30.3 Å². The third-order valence-electron chi connectivity index (χ3n) is 3.89. The molecule has 0 spiro atoms. The van der Waals surface area contributed by atoms with Crippen molar-refractivity contribution in [3.8, 4) is 5.75 Å². The molecule has 0 aliphatic carbocycles. The van der Waals surface area contributed by atoms with Crippen molar-refractivity contribution in [3.05, 3.63) is 59.7 Å². The van der Waals surface area contributed by atoms with Crippen molar-refractivity contribution < 1.29 is 24.2 Å². The summed E-state index contributed by atoms with van der Waals surface area (Å²) in [6.45, 7) is 1.46. The van der Waals surface area contributed by atoms with Gasteiger partial charge in [-0.3, -0.25) is 9.59 Å². The molecule has 0 saturated carbocycles. The molecule has 0 fully saturated rings. The van der Waals surface area contributed by atoms with Crippen molar-refractivity contribution in [2.75, 3.05) is 18.2 Å². The molecule has 6 nitrogen and oxygen atoms in total. The summed E-state index contributed by atoms with van der Waals surface area (Å²) in [5, 5.41) is 11.8. The first-order valence-electron chi connectivity index (χ1n) is 8.30. The van der Waals surface area contributed by atoms with Crippen molar-refractivity contribution in [1.29, 1.82) is 0 Å². The first-order chi connectivity index (χ1) is 12.9. The highest BCUT2D eigenvalue weighted by molar-refractivity contribution is 8.13. The molecule has 0 heterocycles. The molecule has 2 N–H and O–H groups in total. The lowest BCUT2D eigenvalue weighted by Crippen LogP contribution is -2.27. The summed E-state index contributed by atoms with van der Waals surface area (Å²) in [6, 6.07) is 13.8. The predicted octanol–water partition coefficient (Wildman–Crippen LogP) is 3.47. The highest BCUT2D eigenvalue weighted by atomic mass is 32.2. The van der Waals surface area contributed by atoms with Crippen LogP contribution in [0.1, 0.15) is 22.8 Å². The Labute approximate surface area is 161 Å². The van der Waals surface area contributed by atoms with Gasteiger partial charge in [0.2, 0.25) is 5.91 Å². The highest BCUT2D eigenvalue weighted by Crippen LogP contribution is 2.27. The van der Waals surface area contributed by atoms with Gasteiger partial charge in [-0.2, -0.15) is 0 Å². The van der Waals surface area contributed by atoms with Gasteiger partial charge >= 0.3 is 5.97 Å². The summed E-state index contributed by atoms with van der Waals surface area (Å²) in [6.07, 6.45) is 0.466. The van der Waals surface area contributed by atoms with Gasteiger partial charge in [0.1, 0.15) is 5.75 Å². The molecule has 1 amide bonds. The molecule has 0 aliphatic rings. The van der Waals surface area contributed by atoms with Gasteiger partial charge in [-0.15, -0.1) is 0 Å². The lowest BCUT2D eigenvalue weighted by molar-refractivity contribution is -0.119. The molecular formula is C20H21NO5S. The van der Waals surface area contributed by atoms with Gasteiger partial charge in [0, 0.05) is 12.7 Å². The number of carbonyl (C=O) groups is 3. The Morgan fingerprint density at radius 1 is 1.15 bits per heavy atom. The van der Waals surface area contributed by atoms with Crippen LogP contribution < -0.4 is 10.1 Å². The van der Waals surface area contributed by atoms with E-state index in [-0.39, 0.29) is 22.3 Å². The molecule has 7 heteroatoms. The third-order valence-corrected chi connectivity index (χ3v) is 4.86. The van der Waals surface area contributed by atoms with E-state index in [9.17, 15) is 14.4 Å². The Morgan fingerprint density at radius 2 is 1.85 bits per heavy atom. The molecule has 27 heavy (non-hydrogen) atoms. The Bertz CT molecular complexity index is 822. The van der Waals surface area contributed by atoms with Crippen LogP contribution in [0.2, 0.25) is 0 Å². The smallest absolute Gasteiger partial charge is 0.335 e. The molecule has 2 rings (SSSR count). The number of nitrogens with one attached hydrogen (secondary N) is 1. The molecule has 1 atom stereocenters. The van der Waals surface area contributed by atoms with Crippen LogP contribution in [0.4, 0.5) is 5.69 Å². The topological polar surface area (TPSA) is 92.7 Å². The Kier molecular flexibility index (Phi) is 7.43. The summed E-state index contributed by atoms with van der Waals surface area (Å²) < 4.78 is 5.21. The van der Waals surface area contributed by atoms with Crippen LogP contribution in [0.5, 0.6) is 5.75 Å². The Hall–Kier alpha value is -2.80. The number of ether oxygens (including phenoxy) is 1. The van der Waals surface area contributed by atoms with Crippen LogP contribution >= 0.6 is 11.8 Å². The van der Waals surface area contributed by atoms with E-state index in [0.29, 0.717) is 17.9 Å². The number of benzene rings is 2. The molecule has 2 aromatic rings.